The van der Waals surface area contributed by atoms with Crippen LogP contribution in [0.15, 0.2) is 34.8 Å². The fourth-order valence-corrected chi connectivity index (χ4v) is 2.95. The molecule has 2 aromatic rings. The van der Waals surface area contributed by atoms with Gasteiger partial charge >= 0.3 is 5.97 Å². The summed E-state index contributed by atoms with van der Waals surface area (Å²) in [5.41, 5.74) is 1.60. The Labute approximate surface area is 135 Å². The van der Waals surface area contributed by atoms with Gasteiger partial charge in [-0.05, 0) is 34.3 Å². The number of amides is 1. The number of hydrogen-bond acceptors (Lipinski definition) is 3. The predicted octanol–water partition coefficient (Wildman–Crippen LogP) is 2.61. The molecule has 1 amide bonds. The molecule has 1 fully saturated rings. The average molecular weight is 364 g/mol. The van der Waals surface area contributed by atoms with E-state index in [2.05, 4.69) is 31.4 Å². The average Bonchev–Trinajstić information content (AvgIpc) is 3.28. The van der Waals surface area contributed by atoms with Crippen molar-refractivity contribution in [3.63, 3.8) is 0 Å². The molecule has 6 nitrogen and oxygen atoms in total. The van der Waals surface area contributed by atoms with Crippen molar-refractivity contribution in [3.05, 3.63) is 51.8 Å². The molecular formula is C15H14BrN3O3. The third kappa shape index (κ3) is 2.89. The van der Waals surface area contributed by atoms with E-state index in [1.54, 1.807) is 30.3 Å². The number of nitrogens with one attached hydrogen (secondary N) is 2. The van der Waals surface area contributed by atoms with Gasteiger partial charge in [-0.1, -0.05) is 30.3 Å². The van der Waals surface area contributed by atoms with Gasteiger partial charge in [0, 0.05) is 5.92 Å². The number of halogens is 1. The number of hydrogen-bond donors (Lipinski definition) is 3. The zero-order valence-corrected chi connectivity index (χ0v) is 13.1. The minimum absolute atomic E-state index is 0.184. The highest BCUT2D eigenvalue weighted by molar-refractivity contribution is 9.10. The first-order valence-corrected chi connectivity index (χ1v) is 7.69. The molecule has 1 aliphatic carbocycles. The van der Waals surface area contributed by atoms with Gasteiger partial charge in [0.15, 0.2) is 11.7 Å². The van der Waals surface area contributed by atoms with Crippen LogP contribution in [0.25, 0.3) is 0 Å². The van der Waals surface area contributed by atoms with E-state index < -0.39 is 17.9 Å². The molecular weight excluding hydrogens is 350 g/mol. The van der Waals surface area contributed by atoms with Gasteiger partial charge in [-0.3, -0.25) is 9.89 Å². The molecule has 1 aromatic carbocycles. The molecule has 0 bridgehead atoms. The molecule has 114 valence electrons. The maximum absolute atomic E-state index is 12.3. The lowest BCUT2D eigenvalue weighted by Gasteiger charge is -2.14. The summed E-state index contributed by atoms with van der Waals surface area (Å²) in [6.45, 7) is 0. The van der Waals surface area contributed by atoms with E-state index in [1.165, 1.54) is 0 Å². The van der Waals surface area contributed by atoms with Crippen molar-refractivity contribution in [3.8, 4) is 0 Å². The standard InChI is InChI=1S/C15H14BrN3O3/c16-10-11(9-6-7-9)18-19-13(10)14(20)17-12(15(21)22)8-4-2-1-3-5-8/h1-5,9,12H,6-7H2,(H,17,20)(H,18,19)(H,21,22). The second kappa shape index (κ2) is 5.92. The lowest BCUT2D eigenvalue weighted by Crippen LogP contribution is -2.34. The normalized spacial score (nSPS) is 15.3. The van der Waals surface area contributed by atoms with E-state index in [9.17, 15) is 14.7 Å². The van der Waals surface area contributed by atoms with Gasteiger partial charge < -0.3 is 10.4 Å². The summed E-state index contributed by atoms with van der Waals surface area (Å²) in [5, 5.41) is 18.7. The van der Waals surface area contributed by atoms with Crippen LogP contribution in [0, 0.1) is 0 Å². The first-order valence-electron chi connectivity index (χ1n) is 6.90. The zero-order valence-electron chi connectivity index (χ0n) is 11.5. The van der Waals surface area contributed by atoms with Crippen molar-refractivity contribution >= 4 is 27.8 Å². The monoisotopic (exact) mass is 363 g/mol. The van der Waals surface area contributed by atoms with Crippen LogP contribution in [0.5, 0.6) is 0 Å². The highest BCUT2D eigenvalue weighted by Crippen LogP contribution is 2.42. The molecule has 1 saturated carbocycles. The van der Waals surface area contributed by atoms with Crippen LogP contribution in [-0.2, 0) is 4.79 Å². The van der Waals surface area contributed by atoms with Crippen molar-refractivity contribution < 1.29 is 14.7 Å². The van der Waals surface area contributed by atoms with Gasteiger partial charge in [-0.25, -0.2) is 4.79 Å². The van der Waals surface area contributed by atoms with Crippen LogP contribution in [0.3, 0.4) is 0 Å². The Bertz CT molecular complexity index is 710. The largest absolute Gasteiger partial charge is 0.479 e. The first kappa shape index (κ1) is 14.8. The second-order valence-electron chi connectivity index (χ2n) is 5.23. The molecule has 1 heterocycles. The predicted molar refractivity (Wildman–Crippen MR) is 82.5 cm³/mol. The Hall–Kier alpha value is -2.15. The lowest BCUT2D eigenvalue weighted by atomic mass is 10.1. The number of carboxylic acid groups (broad SMARTS) is 1. The van der Waals surface area contributed by atoms with Crippen LogP contribution in [0.2, 0.25) is 0 Å². The minimum atomic E-state index is -1.12. The molecule has 0 aliphatic heterocycles. The number of aliphatic carboxylic acids is 1. The zero-order chi connectivity index (χ0) is 15.7. The van der Waals surface area contributed by atoms with Crippen LogP contribution < -0.4 is 5.32 Å². The second-order valence-corrected chi connectivity index (χ2v) is 6.02. The number of carbonyl (C=O) groups excluding carboxylic acids is 1. The molecule has 1 aliphatic rings. The molecule has 1 unspecified atom stereocenters. The summed E-state index contributed by atoms with van der Waals surface area (Å²) in [7, 11) is 0. The molecule has 0 spiro atoms. The number of carbonyl (C=O) groups is 2. The molecule has 0 saturated heterocycles. The number of benzene rings is 1. The Morgan fingerprint density at radius 2 is 2.00 bits per heavy atom. The van der Waals surface area contributed by atoms with E-state index in [0.717, 1.165) is 18.5 Å². The quantitative estimate of drug-likeness (QED) is 0.760. The summed E-state index contributed by atoms with van der Waals surface area (Å²) in [6, 6.07) is 7.46. The molecule has 1 aromatic heterocycles. The smallest absolute Gasteiger partial charge is 0.330 e. The maximum Gasteiger partial charge on any atom is 0.330 e. The van der Waals surface area contributed by atoms with Gasteiger partial charge in [0.2, 0.25) is 0 Å². The number of H-pyrrole nitrogens is 1. The van der Waals surface area contributed by atoms with Gasteiger partial charge in [0.1, 0.15) is 0 Å². The van der Waals surface area contributed by atoms with E-state index in [-0.39, 0.29) is 5.69 Å². The van der Waals surface area contributed by atoms with Crippen molar-refractivity contribution in [1.29, 1.82) is 0 Å². The molecule has 3 rings (SSSR count). The minimum Gasteiger partial charge on any atom is -0.479 e. The molecule has 0 radical (unpaired) electrons. The summed E-state index contributed by atoms with van der Waals surface area (Å²) in [6.07, 6.45) is 2.15. The van der Waals surface area contributed by atoms with E-state index in [1.807, 2.05) is 0 Å². The Morgan fingerprint density at radius 3 is 2.59 bits per heavy atom. The van der Waals surface area contributed by atoms with Crippen LogP contribution >= 0.6 is 15.9 Å². The van der Waals surface area contributed by atoms with Gasteiger partial charge in [0.25, 0.3) is 5.91 Å². The van der Waals surface area contributed by atoms with Crippen molar-refractivity contribution in [1.82, 2.24) is 15.5 Å². The lowest BCUT2D eigenvalue weighted by molar-refractivity contribution is -0.139. The van der Waals surface area contributed by atoms with Gasteiger partial charge in [0.05, 0.1) is 10.2 Å². The highest BCUT2D eigenvalue weighted by Gasteiger charge is 2.31. The highest BCUT2D eigenvalue weighted by atomic mass is 79.9. The Balaban J connectivity index is 1.81. The molecule has 3 N–H and O–H groups in total. The SMILES string of the molecule is O=C(NC(C(=O)O)c1ccccc1)c1n[nH]c(C2CC2)c1Br. The summed E-state index contributed by atoms with van der Waals surface area (Å²) in [5.74, 6) is -1.23. The first-order chi connectivity index (χ1) is 10.6. The fourth-order valence-electron chi connectivity index (χ4n) is 2.27. The topological polar surface area (TPSA) is 95.1 Å². The molecule has 1 atom stereocenters. The molecule has 22 heavy (non-hydrogen) atoms. The number of rotatable bonds is 5. The van der Waals surface area contributed by atoms with E-state index in [0.29, 0.717) is 16.0 Å². The van der Waals surface area contributed by atoms with Crippen LogP contribution in [-0.4, -0.2) is 27.2 Å². The summed E-state index contributed by atoms with van der Waals surface area (Å²) < 4.78 is 0.615. The van der Waals surface area contributed by atoms with Crippen molar-refractivity contribution in [2.75, 3.05) is 0 Å². The van der Waals surface area contributed by atoms with Crippen LogP contribution in [0.1, 0.15) is 46.5 Å². The summed E-state index contributed by atoms with van der Waals surface area (Å²) in [4.78, 5) is 23.7. The van der Waals surface area contributed by atoms with Gasteiger partial charge in [-0.15, -0.1) is 0 Å². The Morgan fingerprint density at radius 1 is 1.32 bits per heavy atom. The molecule has 7 heteroatoms. The van der Waals surface area contributed by atoms with Crippen LogP contribution in [0.4, 0.5) is 0 Å². The van der Waals surface area contributed by atoms with Crippen molar-refractivity contribution in [2.24, 2.45) is 0 Å². The number of aromatic amines is 1. The van der Waals surface area contributed by atoms with E-state index >= 15 is 0 Å². The maximum atomic E-state index is 12.3. The number of aromatic nitrogens is 2. The summed E-state index contributed by atoms with van der Waals surface area (Å²) >= 11 is 3.37. The Kier molecular flexibility index (Phi) is 3.98. The van der Waals surface area contributed by atoms with Gasteiger partial charge in [-0.2, -0.15) is 5.10 Å². The fraction of sp³-hybridized carbons (Fsp3) is 0.267. The third-order valence-electron chi connectivity index (χ3n) is 3.59. The van der Waals surface area contributed by atoms with Crippen molar-refractivity contribution in [2.45, 2.75) is 24.8 Å². The number of carboxylic acids is 1. The van der Waals surface area contributed by atoms with E-state index in [4.69, 9.17) is 0 Å². The third-order valence-corrected chi connectivity index (χ3v) is 4.39. The number of nitrogens with zero attached hydrogens (tertiary/aromatic N) is 1.